The largest absolute Gasteiger partial charge is 0.494 e. The molecule has 0 heterocycles. The van der Waals surface area contributed by atoms with Gasteiger partial charge in [-0.3, -0.25) is 9.59 Å². The lowest BCUT2D eigenvalue weighted by atomic mass is 10.2. The van der Waals surface area contributed by atoms with Crippen molar-refractivity contribution >= 4 is 24.2 Å². The van der Waals surface area contributed by atoms with Gasteiger partial charge in [0.25, 0.3) is 0 Å². The number of amides is 2. The predicted octanol–water partition coefficient (Wildman–Crippen LogP) is 4.03. The summed E-state index contributed by atoms with van der Waals surface area (Å²) in [5.41, 5.74) is 6.25. The maximum Gasteiger partial charge on any atom is 0.249 e. The number of carbonyl (C=O) groups is 2. The first-order valence-corrected chi connectivity index (χ1v) is 11.2. The van der Waals surface area contributed by atoms with Crippen LogP contribution in [0.4, 0.5) is 0 Å². The third-order valence-electron chi connectivity index (χ3n) is 4.42. The van der Waals surface area contributed by atoms with Crippen LogP contribution in [0.1, 0.15) is 57.1 Å². The molecule has 176 valence electrons. The van der Waals surface area contributed by atoms with Crippen molar-refractivity contribution in [3.63, 3.8) is 0 Å². The van der Waals surface area contributed by atoms with E-state index in [0.717, 1.165) is 48.3 Å². The fourth-order valence-electron chi connectivity index (χ4n) is 2.55. The van der Waals surface area contributed by atoms with E-state index in [4.69, 9.17) is 9.47 Å². The van der Waals surface area contributed by atoms with Gasteiger partial charge in [0.05, 0.1) is 25.6 Å². The number of benzene rings is 2. The summed E-state index contributed by atoms with van der Waals surface area (Å²) in [7, 11) is 0. The molecule has 8 nitrogen and oxygen atoms in total. The zero-order chi connectivity index (χ0) is 23.7. The van der Waals surface area contributed by atoms with Crippen LogP contribution in [-0.4, -0.2) is 37.5 Å². The van der Waals surface area contributed by atoms with Gasteiger partial charge in [-0.1, -0.05) is 26.7 Å². The van der Waals surface area contributed by atoms with Crippen molar-refractivity contribution in [1.82, 2.24) is 10.9 Å². The fourth-order valence-corrected chi connectivity index (χ4v) is 2.55. The smallest absolute Gasteiger partial charge is 0.249 e. The Balaban J connectivity index is 1.67. The molecule has 2 aromatic carbocycles. The number of rotatable bonds is 14. The number of hydrogen-bond acceptors (Lipinski definition) is 6. The highest BCUT2D eigenvalue weighted by Gasteiger charge is 2.07. The fraction of sp³-hybridized carbons (Fsp3) is 0.360. The number of unbranched alkanes of at least 4 members (excludes halogenated alkanes) is 2. The van der Waals surface area contributed by atoms with Crippen molar-refractivity contribution in [3.8, 4) is 11.5 Å². The molecule has 0 unspecified atom stereocenters. The lowest BCUT2D eigenvalue weighted by Crippen LogP contribution is -2.27. The van der Waals surface area contributed by atoms with Crippen LogP contribution in [0.3, 0.4) is 0 Å². The van der Waals surface area contributed by atoms with Gasteiger partial charge in [-0.2, -0.15) is 10.2 Å². The minimum atomic E-state index is -0.535. The number of nitrogens with one attached hydrogen (secondary N) is 2. The molecule has 33 heavy (non-hydrogen) atoms. The second-order valence-electron chi connectivity index (χ2n) is 7.31. The highest BCUT2D eigenvalue weighted by atomic mass is 16.5. The Bertz CT molecular complexity index is 834. The zero-order valence-electron chi connectivity index (χ0n) is 19.3. The predicted molar refractivity (Wildman–Crippen MR) is 130 cm³/mol. The third kappa shape index (κ3) is 11.0. The van der Waals surface area contributed by atoms with Crippen LogP contribution in [0.25, 0.3) is 0 Å². The second-order valence-corrected chi connectivity index (χ2v) is 7.31. The topological polar surface area (TPSA) is 101 Å². The summed E-state index contributed by atoms with van der Waals surface area (Å²) in [6.07, 6.45) is 6.79. The third-order valence-corrected chi connectivity index (χ3v) is 4.42. The maximum atomic E-state index is 11.9. The lowest BCUT2D eigenvalue weighted by molar-refractivity contribution is -0.129. The van der Waals surface area contributed by atoms with Gasteiger partial charge in [0.1, 0.15) is 17.9 Å². The molecule has 0 bridgehead atoms. The molecule has 0 atom stereocenters. The van der Waals surface area contributed by atoms with E-state index in [9.17, 15) is 9.59 Å². The van der Waals surface area contributed by atoms with Crippen molar-refractivity contribution in [1.29, 1.82) is 0 Å². The summed E-state index contributed by atoms with van der Waals surface area (Å²) in [4.78, 5) is 23.7. The standard InChI is InChI=1S/C25H32N4O4/c1-3-5-15-32-22-11-7-20(8-12-22)18-26-28-24(30)17-25(31)29-27-19-21-9-13-23(14-10-21)33-16-6-4-2/h7-14,18-19H,3-6,15-17H2,1-2H3,(H,28,30)(H,29,31)/b26-18-,27-19-. The van der Waals surface area contributed by atoms with Gasteiger partial charge < -0.3 is 9.47 Å². The van der Waals surface area contributed by atoms with Crippen LogP contribution in [0.5, 0.6) is 11.5 Å². The SMILES string of the molecule is CCCCOc1ccc(/C=N\NC(=O)CC(=O)N/N=C\c2ccc(OCCCC)cc2)cc1. The Morgan fingerprint density at radius 2 is 1.12 bits per heavy atom. The van der Waals surface area contributed by atoms with Crippen LogP contribution >= 0.6 is 0 Å². The number of nitrogens with zero attached hydrogens (tertiary/aromatic N) is 2. The minimum absolute atomic E-state index is 0.386. The lowest BCUT2D eigenvalue weighted by Gasteiger charge is -2.05. The van der Waals surface area contributed by atoms with E-state index in [1.807, 2.05) is 48.5 Å². The molecule has 0 radical (unpaired) electrons. The molecule has 2 amide bonds. The van der Waals surface area contributed by atoms with E-state index in [0.29, 0.717) is 13.2 Å². The molecule has 0 aliphatic carbocycles. The molecule has 0 spiro atoms. The molecule has 0 saturated heterocycles. The van der Waals surface area contributed by atoms with Crippen LogP contribution < -0.4 is 20.3 Å². The Morgan fingerprint density at radius 3 is 1.48 bits per heavy atom. The van der Waals surface area contributed by atoms with Crippen molar-refractivity contribution in [2.75, 3.05) is 13.2 Å². The number of hydrazone groups is 2. The Hall–Kier alpha value is -3.68. The average Bonchev–Trinajstić information content (AvgIpc) is 2.81. The molecule has 0 aliphatic rings. The molecule has 0 aliphatic heterocycles. The molecular weight excluding hydrogens is 420 g/mol. The van der Waals surface area contributed by atoms with E-state index in [-0.39, 0.29) is 6.42 Å². The first kappa shape index (κ1) is 25.6. The van der Waals surface area contributed by atoms with Crippen molar-refractivity contribution < 1.29 is 19.1 Å². The number of ether oxygens (including phenoxy) is 2. The first-order chi connectivity index (χ1) is 16.1. The van der Waals surface area contributed by atoms with Gasteiger partial charge in [0.2, 0.25) is 11.8 Å². The maximum absolute atomic E-state index is 11.9. The summed E-state index contributed by atoms with van der Waals surface area (Å²) < 4.78 is 11.2. The zero-order valence-corrected chi connectivity index (χ0v) is 19.3. The molecule has 2 N–H and O–H groups in total. The van der Waals surface area contributed by atoms with Gasteiger partial charge in [-0.25, -0.2) is 10.9 Å². The monoisotopic (exact) mass is 452 g/mol. The van der Waals surface area contributed by atoms with Crippen LogP contribution in [0, 0.1) is 0 Å². The summed E-state index contributed by atoms with van der Waals surface area (Å²) >= 11 is 0. The molecule has 0 saturated carbocycles. The van der Waals surface area contributed by atoms with Crippen molar-refractivity contribution in [2.24, 2.45) is 10.2 Å². The van der Waals surface area contributed by atoms with Crippen molar-refractivity contribution in [2.45, 2.75) is 46.0 Å². The Labute approximate surface area is 195 Å². The Morgan fingerprint density at radius 1 is 0.727 bits per heavy atom. The summed E-state index contributed by atoms with van der Waals surface area (Å²) in [6.45, 7) is 5.59. The van der Waals surface area contributed by atoms with Crippen LogP contribution in [0.2, 0.25) is 0 Å². The Kier molecular flexibility index (Phi) is 11.8. The van der Waals surface area contributed by atoms with E-state index >= 15 is 0 Å². The molecule has 8 heteroatoms. The van der Waals surface area contributed by atoms with E-state index in [2.05, 4.69) is 34.9 Å². The van der Waals surface area contributed by atoms with E-state index in [1.165, 1.54) is 12.4 Å². The summed E-state index contributed by atoms with van der Waals surface area (Å²) in [5, 5.41) is 7.73. The van der Waals surface area contributed by atoms with Gasteiger partial charge in [0.15, 0.2) is 0 Å². The number of hydrogen-bond donors (Lipinski definition) is 2. The van der Waals surface area contributed by atoms with Gasteiger partial charge in [0, 0.05) is 0 Å². The molecule has 2 rings (SSSR count). The molecular formula is C25H32N4O4. The van der Waals surface area contributed by atoms with Crippen molar-refractivity contribution in [3.05, 3.63) is 59.7 Å². The first-order valence-electron chi connectivity index (χ1n) is 11.2. The number of carbonyl (C=O) groups excluding carboxylic acids is 2. The van der Waals surface area contributed by atoms with Crippen LogP contribution in [-0.2, 0) is 9.59 Å². The summed E-state index contributed by atoms with van der Waals surface area (Å²) in [5.74, 6) is 0.510. The van der Waals surface area contributed by atoms with E-state index in [1.54, 1.807) is 0 Å². The van der Waals surface area contributed by atoms with Crippen LogP contribution in [0.15, 0.2) is 58.7 Å². The summed E-state index contributed by atoms with van der Waals surface area (Å²) in [6, 6.07) is 14.7. The van der Waals surface area contributed by atoms with Gasteiger partial charge in [-0.05, 0) is 72.5 Å². The molecule has 0 fully saturated rings. The van der Waals surface area contributed by atoms with Gasteiger partial charge in [-0.15, -0.1) is 0 Å². The molecule has 0 aromatic heterocycles. The highest BCUT2D eigenvalue weighted by molar-refractivity contribution is 5.97. The van der Waals surface area contributed by atoms with E-state index < -0.39 is 11.8 Å². The highest BCUT2D eigenvalue weighted by Crippen LogP contribution is 2.12. The normalized spacial score (nSPS) is 11.0. The van der Waals surface area contributed by atoms with Gasteiger partial charge >= 0.3 is 0 Å². The average molecular weight is 453 g/mol. The minimum Gasteiger partial charge on any atom is -0.494 e. The quantitative estimate of drug-likeness (QED) is 0.195. The molecule has 2 aromatic rings. The second kappa shape index (κ2) is 15.2.